The Morgan fingerprint density at radius 2 is 1.92 bits per heavy atom. The Hall–Kier alpha value is -3.41. The van der Waals surface area contributed by atoms with E-state index < -0.39 is 5.82 Å². The van der Waals surface area contributed by atoms with Crippen molar-refractivity contribution in [3.8, 4) is 17.4 Å². The van der Waals surface area contributed by atoms with E-state index >= 15 is 0 Å². The van der Waals surface area contributed by atoms with E-state index in [4.69, 9.17) is 9.47 Å². The molecule has 0 aliphatic rings. The van der Waals surface area contributed by atoms with Crippen molar-refractivity contribution in [1.29, 1.82) is 0 Å². The van der Waals surface area contributed by atoms with Gasteiger partial charge in [-0.15, -0.1) is 0 Å². The Morgan fingerprint density at radius 1 is 1.08 bits per heavy atom. The monoisotopic (exact) mass is 338 g/mol. The van der Waals surface area contributed by atoms with E-state index in [1.165, 1.54) is 25.4 Å². The Balaban J connectivity index is 1.79. The molecular weight excluding hydrogens is 323 g/mol. The third kappa shape index (κ3) is 4.11. The van der Waals surface area contributed by atoms with Gasteiger partial charge >= 0.3 is 0 Å². The minimum Gasteiger partial charge on any atom is -0.481 e. The van der Waals surface area contributed by atoms with Gasteiger partial charge in [0, 0.05) is 18.3 Å². The van der Waals surface area contributed by atoms with Crippen molar-refractivity contribution in [2.24, 2.45) is 0 Å². The minimum atomic E-state index is -0.400. The van der Waals surface area contributed by atoms with Crippen molar-refractivity contribution in [3.05, 3.63) is 78.2 Å². The van der Waals surface area contributed by atoms with E-state index in [0.717, 1.165) is 0 Å². The lowest BCUT2D eigenvalue weighted by molar-refractivity contribution is 0.102. The number of hydrogen-bond acceptors (Lipinski definition) is 4. The smallest absolute Gasteiger partial charge is 0.257 e. The molecule has 1 aromatic heterocycles. The lowest BCUT2D eigenvalue weighted by atomic mass is 10.2. The predicted molar refractivity (Wildman–Crippen MR) is 91.7 cm³/mol. The summed E-state index contributed by atoms with van der Waals surface area (Å²) in [5.74, 6) is 0.427. The van der Waals surface area contributed by atoms with Gasteiger partial charge < -0.3 is 14.8 Å². The number of ether oxygens (including phenoxy) is 2. The minimum absolute atomic E-state index is 0.341. The summed E-state index contributed by atoms with van der Waals surface area (Å²) in [5.41, 5.74) is 0.842. The van der Waals surface area contributed by atoms with Crippen LogP contribution >= 0.6 is 0 Å². The number of halogens is 1. The molecule has 25 heavy (non-hydrogen) atoms. The van der Waals surface area contributed by atoms with Gasteiger partial charge in [0.25, 0.3) is 5.91 Å². The quantitative estimate of drug-likeness (QED) is 0.754. The van der Waals surface area contributed by atoms with Crippen LogP contribution in [-0.4, -0.2) is 18.0 Å². The summed E-state index contributed by atoms with van der Waals surface area (Å²) in [7, 11) is 1.50. The second-order valence-corrected chi connectivity index (χ2v) is 5.10. The number of carbonyl (C=O) groups is 1. The molecule has 0 saturated heterocycles. The van der Waals surface area contributed by atoms with E-state index in [2.05, 4.69) is 10.3 Å². The molecule has 0 aliphatic carbocycles. The standard InChI is InChI=1S/C19H15FN2O3/c1-24-18-10-9-13(12-21-18)19(23)22-16-7-2-3-8-17(16)25-15-6-4-5-14(20)11-15/h2-12H,1H3,(H,22,23). The first-order chi connectivity index (χ1) is 12.2. The molecule has 3 aromatic rings. The van der Waals surface area contributed by atoms with Gasteiger partial charge in [0.05, 0.1) is 18.4 Å². The molecule has 0 aliphatic heterocycles. The maximum absolute atomic E-state index is 13.3. The lowest BCUT2D eigenvalue weighted by Crippen LogP contribution is -2.12. The molecule has 126 valence electrons. The average molecular weight is 338 g/mol. The average Bonchev–Trinajstić information content (AvgIpc) is 2.63. The van der Waals surface area contributed by atoms with Crippen molar-refractivity contribution in [2.45, 2.75) is 0 Å². The van der Waals surface area contributed by atoms with E-state index in [9.17, 15) is 9.18 Å². The molecule has 0 bridgehead atoms. The number of carbonyl (C=O) groups excluding carboxylic acids is 1. The number of rotatable bonds is 5. The first-order valence-corrected chi connectivity index (χ1v) is 7.49. The van der Waals surface area contributed by atoms with Gasteiger partial charge in [-0.3, -0.25) is 4.79 Å². The topological polar surface area (TPSA) is 60.5 Å². The van der Waals surface area contributed by atoms with Crippen molar-refractivity contribution >= 4 is 11.6 Å². The summed E-state index contributed by atoms with van der Waals surface area (Å²) in [6, 6.07) is 15.9. The molecule has 3 rings (SSSR count). The number of nitrogens with zero attached hydrogens (tertiary/aromatic N) is 1. The van der Waals surface area contributed by atoms with Crippen LogP contribution in [0.2, 0.25) is 0 Å². The molecule has 0 fully saturated rings. The van der Waals surface area contributed by atoms with Gasteiger partial charge in [-0.25, -0.2) is 9.37 Å². The first-order valence-electron chi connectivity index (χ1n) is 7.49. The maximum atomic E-state index is 13.3. The van der Waals surface area contributed by atoms with Crippen LogP contribution in [0.15, 0.2) is 66.9 Å². The Morgan fingerprint density at radius 3 is 2.64 bits per heavy atom. The molecule has 0 spiro atoms. The predicted octanol–water partition coefficient (Wildman–Crippen LogP) is 4.27. The van der Waals surface area contributed by atoms with Crippen molar-refractivity contribution in [1.82, 2.24) is 4.98 Å². The van der Waals surface area contributed by atoms with Crippen LogP contribution in [-0.2, 0) is 0 Å². The van der Waals surface area contributed by atoms with Crippen molar-refractivity contribution < 1.29 is 18.7 Å². The van der Waals surface area contributed by atoms with Crippen LogP contribution in [0.25, 0.3) is 0 Å². The summed E-state index contributed by atoms with van der Waals surface area (Å²) in [6.45, 7) is 0. The van der Waals surface area contributed by atoms with Gasteiger partial charge in [0.2, 0.25) is 5.88 Å². The molecule has 1 heterocycles. The SMILES string of the molecule is COc1ccc(C(=O)Nc2ccccc2Oc2cccc(F)c2)cn1. The number of amides is 1. The number of pyridine rings is 1. The van der Waals surface area contributed by atoms with Crippen molar-refractivity contribution in [2.75, 3.05) is 12.4 Å². The summed E-state index contributed by atoms with van der Waals surface area (Å²) in [6.07, 6.45) is 1.42. The highest BCUT2D eigenvalue weighted by Gasteiger charge is 2.11. The molecule has 0 radical (unpaired) electrons. The fourth-order valence-electron chi connectivity index (χ4n) is 2.15. The highest BCUT2D eigenvalue weighted by atomic mass is 19.1. The van der Waals surface area contributed by atoms with Crippen LogP contribution in [0.3, 0.4) is 0 Å². The zero-order valence-electron chi connectivity index (χ0n) is 13.4. The van der Waals surface area contributed by atoms with Crippen LogP contribution in [0, 0.1) is 5.82 Å². The molecule has 1 N–H and O–H groups in total. The third-order valence-corrected chi connectivity index (χ3v) is 3.37. The summed E-state index contributed by atoms with van der Waals surface area (Å²) < 4.78 is 23.9. The van der Waals surface area contributed by atoms with Crippen LogP contribution in [0.1, 0.15) is 10.4 Å². The third-order valence-electron chi connectivity index (χ3n) is 3.37. The molecule has 0 unspecified atom stereocenters. The largest absolute Gasteiger partial charge is 0.481 e. The van der Waals surface area contributed by atoms with E-state index in [0.29, 0.717) is 28.6 Å². The highest BCUT2D eigenvalue weighted by molar-refractivity contribution is 6.04. The van der Waals surface area contributed by atoms with Gasteiger partial charge in [-0.1, -0.05) is 18.2 Å². The maximum Gasteiger partial charge on any atom is 0.257 e. The highest BCUT2D eigenvalue weighted by Crippen LogP contribution is 2.29. The van der Waals surface area contributed by atoms with E-state index in [-0.39, 0.29) is 5.91 Å². The van der Waals surface area contributed by atoms with E-state index in [1.54, 1.807) is 48.5 Å². The molecule has 0 atom stereocenters. The van der Waals surface area contributed by atoms with Crippen LogP contribution in [0.5, 0.6) is 17.4 Å². The molecule has 2 aromatic carbocycles. The fraction of sp³-hybridized carbons (Fsp3) is 0.0526. The molecule has 5 nitrogen and oxygen atoms in total. The number of benzene rings is 2. The fourth-order valence-corrected chi connectivity index (χ4v) is 2.15. The molecule has 0 saturated carbocycles. The van der Waals surface area contributed by atoms with Crippen LogP contribution < -0.4 is 14.8 Å². The second-order valence-electron chi connectivity index (χ2n) is 5.10. The number of hydrogen-bond donors (Lipinski definition) is 1. The summed E-state index contributed by atoms with van der Waals surface area (Å²) in [4.78, 5) is 16.4. The number of nitrogens with one attached hydrogen (secondary N) is 1. The number of methoxy groups -OCH3 is 1. The molecule has 6 heteroatoms. The number of anilines is 1. The number of para-hydroxylation sites is 2. The lowest BCUT2D eigenvalue weighted by Gasteiger charge is -2.12. The normalized spacial score (nSPS) is 10.2. The van der Waals surface area contributed by atoms with Gasteiger partial charge in [0.15, 0.2) is 5.75 Å². The number of aromatic nitrogens is 1. The molecule has 1 amide bonds. The Bertz CT molecular complexity index is 882. The summed E-state index contributed by atoms with van der Waals surface area (Å²) in [5, 5.41) is 2.76. The zero-order valence-corrected chi connectivity index (χ0v) is 13.4. The van der Waals surface area contributed by atoms with Gasteiger partial charge in [-0.05, 0) is 30.3 Å². The molecular formula is C19H15FN2O3. The van der Waals surface area contributed by atoms with Gasteiger partial charge in [0.1, 0.15) is 11.6 Å². The zero-order chi connectivity index (χ0) is 17.6. The second kappa shape index (κ2) is 7.44. The first kappa shape index (κ1) is 16.4. The summed E-state index contributed by atoms with van der Waals surface area (Å²) >= 11 is 0. The van der Waals surface area contributed by atoms with E-state index in [1.807, 2.05) is 0 Å². The van der Waals surface area contributed by atoms with Crippen LogP contribution in [0.4, 0.5) is 10.1 Å². The van der Waals surface area contributed by atoms with Gasteiger partial charge in [-0.2, -0.15) is 0 Å². The van der Waals surface area contributed by atoms with Crippen molar-refractivity contribution in [3.63, 3.8) is 0 Å². The Labute approximate surface area is 144 Å². The Kier molecular flexibility index (Phi) is 4.89.